The minimum atomic E-state index is -1.11. The smallest absolute Gasteiger partial charge is 0.352 e. The molecule has 7 nitrogen and oxygen atoms in total. The van der Waals surface area contributed by atoms with Crippen LogP contribution in [0.2, 0.25) is 0 Å². The van der Waals surface area contributed by atoms with Crippen LogP contribution in [-0.2, 0) is 14.4 Å². The van der Waals surface area contributed by atoms with Crippen molar-refractivity contribution in [2.24, 2.45) is 5.73 Å². The number of hydrogen-bond donors (Lipinski definition) is 3. The Labute approximate surface area is 159 Å². The van der Waals surface area contributed by atoms with Crippen molar-refractivity contribution in [1.29, 1.82) is 0 Å². The molecule has 0 aromatic heterocycles. The largest absolute Gasteiger partial charge is 0.477 e. The second kappa shape index (κ2) is 7.73. The minimum Gasteiger partial charge on any atom is -0.477 e. The number of aliphatic carboxylic acids is 1. The summed E-state index contributed by atoms with van der Waals surface area (Å²) in [7, 11) is 0. The maximum atomic E-state index is 12.5. The molecule has 1 fully saturated rings. The molecule has 138 valence electrons. The Bertz CT molecular complexity index is 769. The summed E-state index contributed by atoms with van der Waals surface area (Å²) in [5.41, 5.74) is 7.39. The molecule has 2 amide bonds. The Morgan fingerprint density at radius 2 is 2.12 bits per heavy atom. The Balaban J connectivity index is 1.73. The summed E-state index contributed by atoms with van der Waals surface area (Å²) >= 11 is 2.97. The lowest BCUT2D eigenvalue weighted by Gasteiger charge is -2.49. The van der Waals surface area contributed by atoms with Crippen LogP contribution in [0.1, 0.15) is 11.6 Å². The van der Waals surface area contributed by atoms with Gasteiger partial charge >= 0.3 is 5.97 Å². The number of β-lactam (4-membered cyclic amide) rings is 1. The fourth-order valence-corrected chi connectivity index (χ4v) is 5.09. The molecular formula is C17H19N3O4S2. The molecule has 1 unspecified atom stereocenters. The summed E-state index contributed by atoms with van der Waals surface area (Å²) in [4.78, 5) is 37.8. The number of carboxylic acid groups (broad SMARTS) is 1. The Morgan fingerprint density at radius 3 is 2.73 bits per heavy atom. The van der Waals surface area contributed by atoms with Gasteiger partial charge in [0.2, 0.25) is 5.91 Å². The third-order valence-electron chi connectivity index (χ3n) is 4.31. The van der Waals surface area contributed by atoms with E-state index in [1.165, 1.54) is 28.4 Å². The van der Waals surface area contributed by atoms with Gasteiger partial charge in [0.25, 0.3) is 5.91 Å². The van der Waals surface area contributed by atoms with Gasteiger partial charge in [-0.3, -0.25) is 14.5 Å². The van der Waals surface area contributed by atoms with Gasteiger partial charge in [0, 0.05) is 11.5 Å². The van der Waals surface area contributed by atoms with Crippen molar-refractivity contribution >= 4 is 41.3 Å². The van der Waals surface area contributed by atoms with Crippen LogP contribution in [-0.4, -0.2) is 57.0 Å². The van der Waals surface area contributed by atoms with Crippen LogP contribution in [0, 0.1) is 0 Å². The topological polar surface area (TPSA) is 113 Å². The molecule has 4 N–H and O–H groups in total. The fraction of sp³-hybridized carbons (Fsp3) is 0.353. The van der Waals surface area contributed by atoms with E-state index in [-0.39, 0.29) is 5.70 Å². The molecule has 1 saturated heterocycles. The lowest BCUT2D eigenvalue weighted by molar-refractivity contribution is -0.150. The number of amides is 2. The summed E-state index contributed by atoms with van der Waals surface area (Å²) < 4.78 is 0. The molecule has 1 aromatic rings. The van der Waals surface area contributed by atoms with E-state index in [1.54, 1.807) is 24.3 Å². The van der Waals surface area contributed by atoms with Crippen LogP contribution in [0.15, 0.2) is 41.6 Å². The zero-order valence-electron chi connectivity index (χ0n) is 14.0. The minimum absolute atomic E-state index is 0.0472. The average Bonchev–Trinajstić information content (AvgIpc) is 2.65. The van der Waals surface area contributed by atoms with E-state index in [2.05, 4.69) is 5.32 Å². The van der Waals surface area contributed by atoms with E-state index in [0.29, 0.717) is 17.1 Å². The molecule has 0 spiro atoms. The van der Waals surface area contributed by atoms with Gasteiger partial charge in [0.1, 0.15) is 23.2 Å². The van der Waals surface area contributed by atoms with Crippen molar-refractivity contribution in [3.63, 3.8) is 0 Å². The fourth-order valence-electron chi connectivity index (χ4n) is 3.02. The number of fused-ring (bicyclic) bond motifs is 1. The molecule has 2 heterocycles. The first-order valence-electron chi connectivity index (χ1n) is 7.95. The Hall–Kier alpha value is -1.97. The first kappa shape index (κ1) is 18.8. The molecule has 0 saturated carbocycles. The standard InChI is InChI=1S/C17H19N3O4S2/c1-25-7-10-8-26-16-12(15(22)20(16)13(10)17(23)24)19-14(21)11(18)9-5-3-2-4-6-9/h2-6,11-12,16H,7-8,18H2,1H3,(H,19,21)(H,23,24)/t11-,12?,16-/m1/s1. The lowest BCUT2D eigenvalue weighted by Crippen LogP contribution is -2.71. The molecule has 1 aromatic carbocycles. The third-order valence-corrected chi connectivity index (χ3v) is 6.28. The van der Waals surface area contributed by atoms with Crippen molar-refractivity contribution in [2.45, 2.75) is 17.5 Å². The highest BCUT2D eigenvalue weighted by molar-refractivity contribution is 8.00. The first-order chi connectivity index (χ1) is 12.5. The number of carbonyl (C=O) groups excluding carboxylic acids is 2. The number of nitrogens with zero attached hydrogens (tertiary/aromatic N) is 1. The summed E-state index contributed by atoms with van der Waals surface area (Å²) in [6, 6.07) is 7.25. The summed E-state index contributed by atoms with van der Waals surface area (Å²) in [5, 5.41) is 11.8. The van der Waals surface area contributed by atoms with Gasteiger partial charge in [0.05, 0.1) is 0 Å². The van der Waals surface area contributed by atoms with Crippen LogP contribution in [0.3, 0.4) is 0 Å². The quantitative estimate of drug-likeness (QED) is 0.613. The van der Waals surface area contributed by atoms with Crippen LogP contribution < -0.4 is 11.1 Å². The van der Waals surface area contributed by atoms with E-state index < -0.39 is 35.2 Å². The van der Waals surface area contributed by atoms with Gasteiger partial charge in [-0.15, -0.1) is 11.8 Å². The Kier molecular flexibility index (Phi) is 5.59. The highest BCUT2D eigenvalue weighted by Crippen LogP contribution is 2.41. The number of benzene rings is 1. The molecule has 0 aliphatic carbocycles. The summed E-state index contributed by atoms with van der Waals surface area (Å²) in [6.07, 6.45) is 1.88. The molecule has 3 atom stereocenters. The number of hydrogen-bond acceptors (Lipinski definition) is 6. The molecular weight excluding hydrogens is 374 g/mol. The summed E-state index contributed by atoms with van der Waals surface area (Å²) in [6.45, 7) is 0. The second-order valence-corrected chi connectivity index (χ2v) is 7.95. The molecule has 26 heavy (non-hydrogen) atoms. The normalized spacial score (nSPS) is 23.2. The highest BCUT2D eigenvalue weighted by Gasteiger charge is 2.54. The number of nitrogens with two attached hydrogens (primary N) is 1. The van der Waals surface area contributed by atoms with Gasteiger partial charge in [-0.05, 0) is 17.4 Å². The molecule has 0 radical (unpaired) electrons. The van der Waals surface area contributed by atoms with Crippen LogP contribution in [0.5, 0.6) is 0 Å². The zero-order valence-corrected chi connectivity index (χ0v) is 15.7. The monoisotopic (exact) mass is 393 g/mol. The maximum absolute atomic E-state index is 12.5. The van der Waals surface area contributed by atoms with Gasteiger partial charge < -0.3 is 16.2 Å². The lowest BCUT2D eigenvalue weighted by atomic mass is 10.0. The molecule has 9 heteroatoms. The number of thioether (sulfide) groups is 2. The predicted molar refractivity (Wildman–Crippen MR) is 101 cm³/mol. The van der Waals surface area contributed by atoms with Crippen LogP contribution in [0.4, 0.5) is 0 Å². The highest BCUT2D eigenvalue weighted by atomic mass is 32.2. The average molecular weight is 393 g/mol. The number of carbonyl (C=O) groups is 3. The van der Waals surface area contributed by atoms with Gasteiger partial charge in [-0.1, -0.05) is 30.3 Å². The van der Waals surface area contributed by atoms with Crippen molar-refractivity contribution in [1.82, 2.24) is 10.2 Å². The predicted octanol–water partition coefficient (Wildman–Crippen LogP) is 0.788. The van der Waals surface area contributed by atoms with Gasteiger partial charge in [0.15, 0.2) is 0 Å². The van der Waals surface area contributed by atoms with Gasteiger partial charge in [-0.2, -0.15) is 11.8 Å². The van der Waals surface area contributed by atoms with E-state index in [0.717, 1.165) is 5.57 Å². The number of carboxylic acids is 1. The first-order valence-corrected chi connectivity index (χ1v) is 10.4. The van der Waals surface area contributed by atoms with E-state index >= 15 is 0 Å². The number of nitrogens with one attached hydrogen (secondary N) is 1. The second-order valence-electron chi connectivity index (χ2n) is 5.97. The molecule has 0 bridgehead atoms. The van der Waals surface area contributed by atoms with Crippen molar-refractivity contribution < 1.29 is 19.5 Å². The van der Waals surface area contributed by atoms with Crippen molar-refractivity contribution in [3.05, 3.63) is 47.2 Å². The Morgan fingerprint density at radius 1 is 1.42 bits per heavy atom. The maximum Gasteiger partial charge on any atom is 0.352 e. The van der Waals surface area contributed by atoms with Crippen LogP contribution >= 0.6 is 23.5 Å². The van der Waals surface area contributed by atoms with Crippen LogP contribution in [0.25, 0.3) is 0 Å². The van der Waals surface area contributed by atoms with Gasteiger partial charge in [-0.25, -0.2) is 4.79 Å². The molecule has 2 aliphatic rings. The zero-order chi connectivity index (χ0) is 18.8. The number of rotatable bonds is 6. The molecule has 2 aliphatic heterocycles. The SMILES string of the molecule is CSCC1=C(C(=O)O)N2C(=O)C(NC(=O)[C@H](N)c3ccccc3)[C@H]2SC1. The van der Waals surface area contributed by atoms with E-state index in [4.69, 9.17) is 5.73 Å². The summed E-state index contributed by atoms with van der Waals surface area (Å²) in [5.74, 6) is -0.898. The van der Waals surface area contributed by atoms with E-state index in [1.807, 2.05) is 12.3 Å². The van der Waals surface area contributed by atoms with Crippen molar-refractivity contribution in [3.8, 4) is 0 Å². The van der Waals surface area contributed by atoms with Crippen molar-refractivity contribution in [2.75, 3.05) is 17.8 Å². The van der Waals surface area contributed by atoms with E-state index in [9.17, 15) is 19.5 Å². The molecule has 3 rings (SSSR count). The third kappa shape index (κ3) is 3.34.